The Morgan fingerprint density at radius 2 is 2.17 bits per heavy atom. The molecular formula is C13H21N3O2. The highest BCUT2D eigenvalue weighted by molar-refractivity contribution is 5.94. The Balaban J connectivity index is 2.45. The number of nitrogens with zero attached hydrogens (tertiary/aromatic N) is 2. The van der Waals surface area contributed by atoms with Gasteiger partial charge in [0.1, 0.15) is 0 Å². The van der Waals surface area contributed by atoms with Crippen molar-refractivity contribution in [3.8, 4) is 5.88 Å². The van der Waals surface area contributed by atoms with Crippen LogP contribution in [-0.2, 0) is 0 Å². The molecule has 1 aromatic heterocycles. The molecule has 100 valence electrons. The summed E-state index contributed by atoms with van der Waals surface area (Å²) in [6.07, 6.45) is 1.57. The summed E-state index contributed by atoms with van der Waals surface area (Å²) in [4.78, 5) is 18.1. The number of carbonyl (C=O) groups excluding carboxylic acids is 1. The van der Waals surface area contributed by atoms with Crippen LogP contribution in [-0.4, -0.2) is 49.1 Å². The third kappa shape index (κ3) is 4.33. The summed E-state index contributed by atoms with van der Waals surface area (Å²) in [5, 5.41) is 2.89. The van der Waals surface area contributed by atoms with E-state index < -0.39 is 0 Å². The molecule has 0 saturated heterocycles. The Morgan fingerprint density at radius 1 is 1.44 bits per heavy atom. The number of ether oxygens (including phenoxy) is 1. The lowest BCUT2D eigenvalue weighted by molar-refractivity contribution is 0.0948. The third-order valence-corrected chi connectivity index (χ3v) is 2.81. The Hall–Kier alpha value is -1.62. The van der Waals surface area contributed by atoms with Crippen molar-refractivity contribution in [2.45, 2.75) is 13.8 Å². The minimum atomic E-state index is -0.0946. The van der Waals surface area contributed by atoms with Crippen LogP contribution in [0.1, 0.15) is 24.2 Å². The van der Waals surface area contributed by atoms with Crippen molar-refractivity contribution in [3.05, 3.63) is 23.9 Å². The van der Waals surface area contributed by atoms with Crippen LogP contribution in [0.25, 0.3) is 0 Å². The van der Waals surface area contributed by atoms with Gasteiger partial charge in [-0.15, -0.1) is 0 Å². The van der Waals surface area contributed by atoms with Crippen molar-refractivity contribution in [2.75, 3.05) is 33.3 Å². The molecule has 18 heavy (non-hydrogen) atoms. The molecular weight excluding hydrogens is 230 g/mol. The number of amides is 1. The monoisotopic (exact) mass is 251 g/mol. The van der Waals surface area contributed by atoms with Crippen LogP contribution in [0, 0.1) is 0 Å². The number of methoxy groups -OCH3 is 1. The number of hydrogen-bond acceptors (Lipinski definition) is 4. The van der Waals surface area contributed by atoms with Crippen LogP contribution >= 0.6 is 0 Å². The van der Waals surface area contributed by atoms with Gasteiger partial charge in [-0.05, 0) is 19.2 Å². The highest BCUT2D eigenvalue weighted by Crippen LogP contribution is 2.07. The zero-order chi connectivity index (χ0) is 13.4. The average molecular weight is 251 g/mol. The number of likely N-dealkylation sites (N-methyl/N-ethyl adjacent to an activating group) is 1. The first-order chi connectivity index (χ1) is 8.71. The maximum Gasteiger partial charge on any atom is 0.251 e. The number of rotatable bonds is 7. The van der Waals surface area contributed by atoms with Gasteiger partial charge in [-0.3, -0.25) is 4.79 Å². The Kier molecular flexibility index (Phi) is 6.14. The SMILES string of the molecule is CCN(CC)CCNC(=O)c1ccnc(OC)c1. The van der Waals surface area contributed by atoms with Crippen LogP contribution in [0.4, 0.5) is 0 Å². The first-order valence-electron chi connectivity index (χ1n) is 6.21. The summed E-state index contributed by atoms with van der Waals surface area (Å²) in [7, 11) is 1.53. The number of carbonyl (C=O) groups is 1. The first-order valence-corrected chi connectivity index (χ1v) is 6.21. The number of aromatic nitrogens is 1. The maximum absolute atomic E-state index is 11.9. The lowest BCUT2D eigenvalue weighted by Crippen LogP contribution is -2.34. The second kappa shape index (κ2) is 7.66. The topological polar surface area (TPSA) is 54.5 Å². The van der Waals surface area contributed by atoms with Crippen molar-refractivity contribution in [1.29, 1.82) is 0 Å². The van der Waals surface area contributed by atoms with Gasteiger partial charge in [-0.2, -0.15) is 0 Å². The van der Waals surface area contributed by atoms with E-state index in [2.05, 4.69) is 29.0 Å². The Labute approximate surface area is 108 Å². The lowest BCUT2D eigenvalue weighted by Gasteiger charge is -2.17. The molecule has 0 aromatic carbocycles. The summed E-state index contributed by atoms with van der Waals surface area (Å²) in [5.41, 5.74) is 0.571. The summed E-state index contributed by atoms with van der Waals surface area (Å²) in [6, 6.07) is 3.31. The van der Waals surface area contributed by atoms with Gasteiger partial charge in [0.25, 0.3) is 5.91 Å². The summed E-state index contributed by atoms with van der Waals surface area (Å²) >= 11 is 0. The predicted octanol–water partition coefficient (Wildman–Crippen LogP) is 1.16. The molecule has 0 atom stereocenters. The molecule has 1 rings (SSSR count). The minimum absolute atomic E-state index is 0.0946. The number of pyridine rings is 1. The van der Waals surface area contributed by atoms with Gasteiger partial charge < -0.3 is 15.0 Å². The molecule has 0 unspecified atom stereocenters. The van der Waals surface area contributed by atoms with Crippen molar-refractivity contribution in [3.63, 3.8) is 0 Å². The molecule has 1 amide bonds. The van der Waals surface area contributed by atoms with Crippen LogP contribution < -0.4 is 10.1 Å². The molecule has 0 saturated carbocycles. The predicted molar refractivity (Wildman–Crippen MR) is 70.9 cm³/mol. The second-order valence-electron chi connectivity index (χ2n) is 3.87. The van der Waals surface area contributed by atoms with Crippen molar-refractivity contribution >= 4 is 5.91 Å². The molecule has 5 nitrogen and oxygen atoms in total. The van der Waals surface area contributed by atoms with Crippen LogP contribution in [0.2, 0.25) is 0 Å². The smallest absolute Gasteiger partial charge is 0.251 e. The molecule has 0 aliphatic rings. The maximum atomic E-state index is 11.9. The summed E-state index contributed by atoms with van der Waals surface area (Å²) in [5.74, 6) is 0.356. The lowest BCUT2D eigenvalue weighted by atomic mass is 10.2. The largest absolute Gasteiger partial charge is 0.481 e. The normalized spacial score (nSPS) is 10.4. The standard InChI is InChI=1S/C13H21N3O2/c1-4-16(5-2)9-8-15-13(17)11-6-7-14-12(10-11)18-3/h6-7,10H,4-5,8-9H2,1-3H3,(H,15,17). The number of nitrogens with one attached hydrogen (secondary N) is 1. The molecule has 0 fully saturated rings. The van der Waals surface area contributed by atoms with Gasteiger partial charge >= 0.3 is 0 Å². The summed E-state index contributed by atoms with van der Waals surface area (Å²) in [6.45, 7) is 7.72. The van der Waals surface area contributed by atoms with Crippen LogP contribution in [0.3, 0.4) is 0 Å². The number of hydrogen-bond donors (Lipinski definition) is 1. The van der Waals surface area contributed by atoms with E-state index in [0.29, 0.717) is 18.0 Å². The van der Waals surface area contributed by atoms with E-state index in [1.807, 2.05) is 0 Å². The molecule has 0 aliphatic heterocycles. The fourth-order valence-electron chi connectivity index (χ4n) is 1.63. The minimum Gasteiger partial charge on any atom is -0.481 e. The first kappa shape index (κ1) is 14.4. The quantitative estimate of drug-likeness (QED) is 0.790. The highest BCUT2D eigenvalue weighted by Gasteiger charge is 2.07. The Bertz CT molecular complexity index is 378. The average Bonchev–Trinajstić information content (AvgIpc) is 2.43. The van der Waals surface area contributed by atoms with E-state index in [9.17, 15) is 4.79 Å². The molecule has 1 N–H and O–H groups in total. The van der Waals surface area contributed by atoms with Crippen molar-refractivity contribution in [1.82, 2.24) is 15.2 Å². The fraction of sp³-hybridized carbons (Fsp3) is 0.538. The van der Waals surface area contributed by atoms with E-state index in [1.54, 1.807) is 18.3 Å². The van der Waals surface area contributed by atoms with E-state index >= 15 is 0 Å². The second-order valence-corrected chi connectivity index (χ2v) is 3.87. The highest BCUT2D eigenvalue weighted by atomic mass is 16.5. The molecule has 0 aliphatic carbocycles. The van der Waals surface area contributed by atoms with Crippen molar-refractivity contribution in [2.24, 2.45) is 0 Å². The van der Waals surface area contributed by atoms with E-state index in [0.717, 1.165) is 19.6 Å². The van der Waals surface area contributed by atoms with Gasteiger partial charge in [0.15, 0.2) is 0 Å². The fourth-order valence-corrected chi connectivity index (χ4v) is 1.63. The van der Waals surface area contributed by atoms with Gasteiger partial charge in [0.2, 0.25) is 5.88 Å². The van der Waals surface area contributed by atoms with Crippen LogP contribution in [0.5, 0.6) is 5.88 Å². The zero-order valence-corrected chi connectivity index (χ0v) is 11.3. The molecule has 0 spiro atoms. The Morgan fingerprint density at radius 3 is 2.78 bits per heavy atom. The molecule has 1 aromatic rings. The molecule has 1 heterocycles. The summed E-state index contributed by atoms with van der Waals surface area (Å²) < 4.78 is 4.98. The van der Waals surface area contributed by atoms with E-state index in [4.69, 9.17) is 4.74 Å². The molecule has 0 radical (unpaired) electrons. The van der Waals surface area contributed by atoms with E-state index in [1.165, 1.54) is 7.11 Å². The van der Waals surface area contributed by atoms with Gasteiger partial charge in [-0.25, -0.2) is 4.98 Å². The van der Waals surface area contributed by atoms with Gasteiger partial charge in [0.05, 0.1) is 7.11 Å². The van der Waals surface area contributed by atoms with E-state index in [-0.39, 0.29) is 5.91 Å². The van der Waals surface area contributed by atoms with Gasteiger partial charge in [-0.1, -0.05) is 13.8 Å². The van der Waals surface area contributed by atoms with Crippen LogP contribution in [0.15, 0.2) is 18.3 Å². The van der Waals surface area contributed by atoms with Crippen molar-refractivity contribution < 1.29 is 9.53 Å². The zero-order valence-electron chi connectivity index (χ0n) is 11.3. The third-order valence-electron chi connectivity index (χ3n) is 2.81. The molecule has 0 bridgehead atoms. The molecule has 5 heteroatoms. The van der Waals surface area contributed by atoms with Gasteiger partial charge in [0, 0.05) is 30.9 Å².